The Kier molecular flexibility index (Phi) is 4.26. The van der Waals surface area contributed by atoms with Gasteiger partial charge in [-0.1, -0.05) is 51.3 Å². The fourth-order valence-corrected chi connectivity index (χ4v) is 3.24. The van der Waals surface area contributed by atoms with Gasteiger partial charge in [0.2, 0.25) is 0 Å². The van der Waals surface area contributed by atoms with Crippen molar-refractivity contribution < 1.29 is 4.74 Å². The fourth-order valence-electron chi connectivity index (χ4n) is 2.23. The largest absolute Gasteiger partial charge is 0.381 e. The van der Waals surface area contributed by atoms with Crippen molar-refractivity contribution in [3.05, 3.63) is 44.9 Å². The van der Waals surface area contributed by atoms with Crippen LogP contribution in [0.25, 0.3) is 11.1 Å². The standard InChI is InChI=1S/C14H11BrCl2N2O/c15-10-3-1-2-8(6-10)11-12(16)18-14(19-13(11)17)9-4-5-20-7-9/h1-3,6,9H,4-5,7H2. The summed E-state index contributed by atoms with van der Waals surface area (Å²) in [6.45, 7) is 1.36. The molecule has 0 bridgehead atoms. The molecule has 0 spiro atoms. The molecule has 3 nitrogen and oxygen atoms in total. The number of nitrogens with zero attached hydrogens (tertiary/aromatic N) is 2. The van der Waals surface area contributed by atoms with E-state index < -0.39 is 0 Å². The Labute approximate surface area is 135 Å². The van der Waals surface area contributed by atoms with Crippen LogP contribution in [0.1, 0.15) is 18.2 Å². The van der Waals surface area contributed by atoms with E-state index in [1.807, 2.05) is 24.3 Å². The van der Waals surface area contributed by atoms with Crippen LogP contribution >= 0.6 is 39.1 Å². The minimum absolute atomic E-state index is 0.182. The predicted octanol–water partition coefficient (Wildman–Crippen LogP) is 4.72. The van der Waals surface area contributed by atoms with E-state index in [0.29, 0.717) is 28.3 Å². The third-order valence-electron chi connectivity index (χ3n) is 3.25. The third kappa shape index (κ3) is 2.84. The van der Waals surface area contributed by atoms with Gasteiger partial charge in [-0.05, 0) is 24.1 Å². The average molecular weight is 374 g/mol. The van der Waals surface area contributed by atoms with Crippen LogP contribution in [0.2, 0.25) is 10.3 Å². The molecule has 2 heterocycles. The summed E-state index contributed by atoms with van der Waals surface area (Å²) in [5.74, 6) is 0.845. The van der Waals surface area contributed by atoms with Crippen LogP contribution in [0, 0.1) is 0 Å². The molecule has 104 valence electrons. The highest BCUT2D eigenvalue weighted by atomic mass is 79.9. The van der Waals surface area contributed by atoms with E-state index in [0.717, 1.165) is 23.1 Å². The zero-order valence-electron chi connectivity index (χ0n) is 10.4. The van der Waals surface area contributed by atoms with Gasteiger partial charge in [-0.25, -0.2) is 9.97 Å². The van der Waals surface area contributed by atoms with E-state index in [9.17, 15) is 0 Å². The number of ether oxygens (including phenoxy) is 1. The van der Waals surface area contributed by atoms with Gasteiger partial charge in [0.15, 0.2) is 0 Å². The van der Waals surface area contributed by atoms with Crippen LogP contribution in [0.5, 0.6) is 0 Å². The summed E-state index contributed by atoms with van der Waals surface area (Å²) in [6.07, 6.45) is 0.906. The monoisotopic (exact) mass is 372 g/mol. The van der Waals surface area contributed by atoms with Gasteiger partial charge in [0.25, 0.3) is 0 Å². The molecule has 6 heteroatoms. The quantitative estimate of drug-likeness (QED) is 0.714. The molecule has 1 aromatic carbocycles. The average Bonchev–Trinajstić information content (AvgIpc) is 2.91. The van der Waals surface area contributed by atoms with Crippen molar-refractivity contribution >= 4 is 39.1 Å². The molecule has 0 saturated carbocycles. The molecule has 20 heavy (non-hydrogen) atoms. The summed E-state index contributed by atoms with van der Waals surface area (Å²) in [6, 6.07) is 7.73. The van der Waals surface area contributed by atoms with E-state index in [2.05, 4.69) is 25.9 Å². The molecule has 1 unspecified atom stereocenters. The maximum atomic E-state index is 6.31. The van der Waals surface area contributed by atoms with Gasteiger partial charge in [-0.3, -0.25) is 0 Å². The molecule has 0 amide bonds. The third-order valence-corrected chi connectivity index (χ3v) is 4.29. The molecule has 0 aliphatic carbocycles. The first-order valence-electron chi connectivity index (χ1n) is 6.22. The maximum absolute atomic E-state index is 6.31. The summed E-state index contributed by atoms with van der Waals surface area (Å²) < 4.78 is 6.30. The summed E-state index contributed by atoms with van der Waals surface area (Å²) in [4.78, 5) is 8.79. The summed E-state index contributed by atoms with van der Waals surface area (Å²) >= 11 is 16.0. The first kappa shape index (κ1) is 14.3. The number of halogens is 3. The van der Waals surface area contributed by atoms with Crippen molar-refractivity contribution in [3.63, 3.8) is 0 Å². The normalized spacial score (nSPS) is 18.4. The van der Waals surface area contributed by atoms with Crippen LogP contribution in [0.15, 0.2) is 28.7 Å². The minimum Gasteiger partial charge on any atom is -0.381 e. The lowest BCUT2D eigenvalue weighted by Gasteiger charge is -2.11. The Balaban J connectivity index is 2.04. The summed E-state index contributed by atoms with van der Waals surface area (Å²) in [5, 5.41) is 0.759. The molecule has 1 aromatic heterocycles. The van der Waals surface area contributed by atoms with E-state index in [1.165, 1.54) is 0 Å². The second kappa shape index (κ2) is 5.98. The van der Waals surface area contributed by atoms with Crippen molar-refractivity contribution in [2.75, 3.05) is 13.2 Å². The van der Waals surface area contributed by atoms with E-state index >= 15 is 0 Å². The Morgan fingerprint density at radius 1 is 1.20 bits per heavy atom. The van der Waals surface area contributed by atoms with Gasteiger partial charge in [-0.2, -0.15) is 0 Å². The van der Waals surface area contributed by atoms with Crippen LogP contribution in [0.4, 0.5) is 0 Å². The van der Waals surface area contributed by atoms with Crippen molar-refractivity contribution in [3.8, 4) is 11.1 Å². The molecule has 1 atom stereocenters. The van der Waals surface area contributed by atoms with Crippen molar-refractivity contribution in [2.45, 2.75) is 12.3 Å². The Hall–Kier alpha value is -0.680. The molecule has 1 fully saturated rings. The van der Waals surface area contributed by atoms with Gasteiger partial charge in [0, 0.05) is 17.0 Å². The predicted molar refractivity (Wildman–Crippen MR) is 83.4 cm³/mol. The molecular weight excluding hydrogens is 363 g/mol. The van der Waals surface area contributed by atoms with Crippen LogP contribution < -0.4 is 0 Å². The van der Waals surface area contributed by atoms with Crippen LogP contribution in [-0.4, -0.2) is 23.2 Å². The van der Waals surface area contributed by atoms with Gasteiger partial charge in [-0.15, -0.1) is 0 Å². The van der Waals surface area contributed by atoms with Crippen molar-refractivity contribution in [2.24, 2.45) is 0 Å². The second-order valence-electron chi connectivity index (χ2n) is 4.61. The zero-order chi connectivity index (χ0) is 14.1. The minimum atomic E-state index is 0.182. The van der Waals surface area contributed by atoms with Gasteiger partial charge >= 0.3 is 0 Å². The van der Waals surface area contributed by atoms with Crippen LogP contribution in [0.3, 0.4) is 0 Å². The molecule has 1 saturated heterocycles. The van der Waals surface area contributed by atoms with Crippen molar-refractivity contribution in [1.82, 2.24) is 9.97 Å². The Morgan fingerprint density at radius 2 is 1.95 bits per heavy atom. The number of aromatic nitrogens is 2. The second-order valence-corrected chi connectivity index (χ2v) is 6.24. The zero-order valence-corrected chi connectivity index (χ0v) is 13.5. The van der Waals surface area contributed by atoms with Gasteiger partial charge in [0.1, 0.15) is 16.1 Å². The Bertz CT molecular complexity index is 622. The molecule has 3 rings (SSSR count). The maximum Gasteiger partial charge on any atom is 0.142 e. The highest BCUT2D eigenvalue weighted by Gasteiger charge is 2.23. The molecular formula is C14H11BrCl2N2O. The molecule has 1 aliphatic heterocycles. The number of hydrogen-bond donors (Lipinski definition) is 0. The first-order chi connectivity index (χ1) is 9.65. The van der Waals surface area contributed by atoms with E-state index in [4.69, 9.17) is 27.9 Å². The fraction of sp³-hybridized carbons (Fsp3) is 0.286. The lowest BCUT2D eigenvalue weighted by atomic mass is 10.1. The molecule has 2 aromatic rings. The Morgan fingerprint density at radius 3 is 2.55 bits per heavy atom. The number of hydrogen-bond acceptors (Lipinski definition) is 3. The highest BCUT2D eigenvalue weighted by Crippen LogP contribution is 2.35. The van der Waals surface area contributed by atoms with Crippen LogP contribution in [-0.2, 0) is 4.74 Å². The van der Waals surface area contributed by atoms with E-state index in [1.54, 1.807) is 0 Å². The number of benzene rings is 1. The van der Waals surface area contributed by atoms with E-state index in [-0.39, 0.29) is 5.92 Å². The lowest BCUT2D eigenvalue weighted by Crippen LogP contribution is -2.05. The van der Waals surface area contributed by atoms with Gasteiger partial charge < -0.3 is 4.74 Å². The first-order valence-corrected chi connectivity index (χ1v) is 7.76. The number of rotatable bonds is 2. The highest BCUT2D eigenvalue weighted by molar-refractivity contribution is 9.10. The smallest absolute Gasteiger partial charge is 0.142 e. The topological polar surface area (TPSA) is 35.0 Å². The van der Waals surface area contributed by atoms with Gasteiger partial charge in [0.05, 0.1) is 12.2 Å². The molecule has 0 radical (unpaired) electrons. The summed E-state index contributed by atoms with van der Waals surface area (Å²) in [5.41, 5.74) is 1.56. The molecule has 0 N–H and O–H groups in total. The SMILES string of the molecule is Clc1nc(C2CCOC2)nc(Cl)c1-c1cccc(Br)c1. The van der Waals surface area contributed by atoms with Crippen molar-refractivity contribution in [1.29, 1.82) is 0 Å². The molecule has 1 aliphatic rings. The summed E-state index contributed by atoms with van der Waals surface area (Å²) in [7, 11) is 0. The lowest BCUT2D eigenvalue weighted by molar-refractivity contribution is 0.193.